The molecule has 0 atom stereocenters. The van der Waals surface area contributed by atoms with Crippen molar-refractivity contribution in [1.82, 2.24) is 4.90 Å². The molecule has 1 aromatic rings. The van der Waals surface area contributed by atoms with Gasteiger partial charge in [-0.25, -0.2) is 13.6 Å². The van der Waals surface area contributed by atoms with Crippen LogP contribution in [0.2, 0.25) is 5.02 Å². The molecule has 2 N–H and O–H groups in total. The van der Waals surface area contributed by atoms with Crippen LogP contribution in [0.25, 0.3) is 0 Å². The molecule has 21 heavy (non-hydrogen) atoms. The summed E-state index contributed by atoms with van der Waals surface area (Å²) in [6.45, 7) is 4.68. The molecule has 0 fully saturated rings. The van der Waals surface area contributed by atoms with Crippen molar-refractivity contribution in [3.8, 4) is 0 Å². The highest BCUT2D eigenvalue weighted by molar-refractivity contribution is 9.10. The van der Waals surface area contributed by atoms with Crippen LogP contribution in [-0.2, 0) is 10.0 Å². The number of hydrogen-bond acceptors (Lipinski definition) is 3. The van der Waals surface area contributed by atoms with E-state index in [0.717, 1.165) is 6.42 Å². The molecule has 0 aliphatic carbocycles. The SMILES string of the molecule is CC(C)CCN(C)C(=O)c1cc(Br)cc(S(N)(=O)=O)c1Cl. The summed E-state index contributed by atoms with van der Waals surface area (Å²) in [4.78, 5) is 13.6. The van der Waals surface area contributed by atoms with Crippen LogP contribution in [-0.4, -0.2) is 32.8 Å². The molecule has 0 unspecified atom stereocenters. The standard InChI is InChI=1S/C13H18BrClN2O3S/c1-8(2)4-5-17(3)13(18)10-6-9(14)7-11(12(10)15)21(16,19)20/h6-8H,4-5H2,1-3H3,(H2,16,19,20). The van der Waals surface area contributed by atoms with E-state index in [2.05, 4.69) is 29.8 Å². The zero-order valence-electron chi connectivity index (χ0n) is 12.1. The van der Waals surface area contributed by atoms with Gasteiger partial charge in [-0.1, -0.05) is 41.4 Å². The van der Waals surface area contributed by atoms with Crippen LogP contribution < -0.4 is 5.14 Å². The summed E-state index contributed by atoms with van der Waals surface area (Å²) in [5.74, 6) is 0.116. The van der Waals surface area contributed by atoms with Gasteiger partial charge in [0.05, 0.1) is 10.6 Å². The third kappa shape index (κ3) is 4.95. The molecule has 0 spiro atoms. The Morgan fingerprint density at radius 2 is 2.00 bits per heavy atom. The number of carbonyl (C=O) groups excluding carboxylic acids is 1. The average molecular weight is 398 g/mol. The maximum absolute atomic E-state index is 12.4. The fourth-order valence-corrected chi connectivity index (χ4v) is 3.46. The van der Waals surface area contributed by atoms with Gasteiger partial charge >= 0.3 is 0 Å². The van der Waals surface area contributed by atoms with E-state index in [9.17, 15) is 13.2 Å². The quantitative estimate of drug-likeness (QED) is 0.829. The van der Waals surface area contributed by atoms with E-state index < -0.39 is 10.0 Å². The van der Waals surface area contributed by atoms with Crippen LogP contribution in [0.15, 0.2) is 21.5 Å². The van der Waals surface area contributed by atoms with Crippen molar-refractivity contribution in [2.45, 2.75) is 25.2 Å². The minimum absolute atomic E-state index is 0.112. The van der Waals surface area contributed by atoms with E-state index in [1.54, 1.807) is 7.05 Å². The molecule has 0 heterocycles. The maximum atomic E-state index is 12.4. The van der Waals surface area contributed by atoms with Crippen LogP contribution in [0.1, 0.15) is 30.6 Å². The highest BCUT2D eigenvalue weighted by Crippen LogP contribution is 2.29. The molecule has 118 valence electrons. The number of benzene rings is 1. The van der Waals surface area contributed by atoms with Crippen molar-refractivity contribution < 1.29 is 13.2 Å². The summed E-state index contributed by atoms with van der Waals surface area (Å²) >= 11 is 9.21. The first-order chi connectivity index (χ1) is 9.54. The molecule has 0 aliphatic heterocycles. The number of carbonyl (C=O) groups is 1. The van der Waals surface area contributed by atoms with Gasteiger partial charge in [0.15, 0.2) is 0 Å². The summed E-state index contributed by atoms with van der Waals surface area (Å²) in [5.41, 5.74) is 0.112. The normalized spacial score (nSPS) is 11.8. The van der Waals surface area contributed by atoms with Gasteiger partial charge in [-0.3, -0.25) is 4.79 Å². The van der Waals surface area contributed by atoms with E-state index in [1.807, 2.05) is 0 Å². The van der Waals surface area contributed by atoms with Gasteiger partial charge in [-0.05, 0) is 24.5 Å². The zero-order valence-corrected chi connectivity index (χ0v) is 15.2. The minimum atomic E-state index is -4.00. The highest BCUT2D eigenvalue weighted by Gasteiger charge is 2.23. The summed E-state index contributed by atoms with van der Waals surface area (Å²) in [6.07, 6.45) is 0.843. The lowest BCUT2D eigenvalue weighted by Gasteiger charge is -2.19. The smallest absolute Gasteiger partial charge is 0.255 e. The number of amides is 1. The Hall–Kier alpha value is -0.630. The Kier molecular flexibility index (Phi) is 6.22. The number of halogens is 2. The molecule has 0 saturated carbocycles. The van der Waals surface area contributed by atoms with Gasteiger partial charge in [0.25, 0.3) is 5.91 Å². The van der Waals surface area contributed by atoms with E-state index in [1.165, 1.54) is 17.0 Å². The van der Waals surface area contributed by atoms with Crippen molar-refractivity contribution in [3.05, 3.63) is 27.2 Å². The molecule has 0 bridgehead atoms. The van der Waals surface area contributed by atoms with Gasteiger partial charge in [-0.2, -0.15) is 0 Å². The van der Waals surface area contributed by atoms with Crippen LogP contribution >= 0.6 is 27.5 Å². The lowest BCUT2D eigenvalue weighted by Crippen LogP contribution is -2.29. The largest absolute Gasteiger partial charge is 0.342 e. The van der Waals surface area contributed by atoms with Crippen LogP contribution in [0.3, 0.4) is 0 Å². The topological polar surface area (TPSA) is 80.5 Å². The lowest BCUT2D eigenvalue weighted by atomic mass is 10.1. The molecule has 0 radical (unpaired) electrons. The molecule has 1 rings (SSSR count). The Morgan fingerprint density at radius 3 is 2.48 bits per heavy atom. The van der Waals surface area contributed by atoms with Crippen LogP contribution in [0.5, 0.6) is 0 Å². The van der Waals surface area contributed by atoms with E-state index in [-0.39, 0.29) is 21.4 Å². The lowest BCUT2D eigenvalue weighted by molar-refractivity contribution is 0.0789. The van der Waals surface area contributed by atoms with Crippen molar-refractivity contribution >= 4 is 43.5 Å². The van der Waals surface area contributed by atoms with Crippen LogP contribution in [0.4, 0.5) is 0 Å². The number of sulfonamides is 1. The second-order valence-electron chi connectivity index (χ2n) is 5.22. The molecule has 5 nitrogen and oxygen atoms in total. The summed E-state index contributed by atoms with van der Waals surface area (Å²) in [6, 6.07) is 2.77. The van der Waals surface area contributed by atoms with Crippen LogP contribution in [0, 0.1) is 5.92 Å². The highest BCUT2D eigenvalue weighted by atomic mass is 79.9. The number of nitrogens with two attached hydrogens (primary N) is 1. The van der Waals surface area contributed by atoms with E-state index in [0.29, 0.717) is 16.9 Å². The van der Waals surface area contributed by atoms with Crippen molar-refractivity contribution in [2.75, 3.05) is 13.6 Å². The molecule has 1 amide bonds. The molecule has 8 heteroatoms. The minimum Gasteiger partial charge on any atom is -0.342 e. The van der Waals surface area contributed by atoms with Gasteiger partial charge in [0.2, 0.25) is 10.0 Å². The molecule has 1 aromatic carbocycles. The van der Waals surface area contributed by atoms with Gasteiger partial charge < -0.3 is 4.90 Å². The average Bonchev–Trinajstić information content (AvgIpc) is 2.36. The Balaban J connectivity index is 3.19. The molecular weight excluding hydrogens is 380 g/mol. The molecular formula is C13H18BrClN2O3S. The third-order valence-electron chi connectivity index (χ3n) is 2.93. The van der Waals surface area contributed by atoms with Gasteiger partial charge in [-0.15, -0.1) is 0 Å². The van der Waals surface area contributed by atoms with Crippen molar-refractivity contribution in [3.63, 3.8) is 0 Å². The monoisotopic (exact) mass is 396 g/mol. The second-order valence-corrected chi connectivity index (χ2v) is 8.04. The number of hydrogen-bond donors (Lipinski definition) is 1. The number of rotatable bonds is 5. The fourth-order valence-electron chi connectivity index (χ4n) is 1.69. The first-order valence-electron chi connectivity index (χ1n) is 6.31. The molecule has 0 aromatic heterocycles. The maximum Gasteiger partial charge on any atom is 0.255 e. The summed E-state index contributed by atoms with van der Waals surface area (Å²) in [5, 5.41) is 4.96. The summed E-state index contributed by atoms with van der Waals surface area (Å²) in [7, 11) is -2.34. The van der Waals surface area contributed by atoms with Gasteiger partial charge in [0, 0.05) is 18.1 Å². The fraction of sp³-hybridized carbons (Fsp3) is 0.462. The molecule has 0 aliphatic rings. The zero-order chi connectivity index (χ0) is 16.4. The second kappa shape index (κ2) is 7.09. The number of primary sulfonamides is 1. The Labute approximate surface area is 138 Å². The first kappa shape index (κ1) is 18.4. The molecule has 0 saturated heterocycles. The van der Waals surface area contributed by atoms with E-state index >= 15 is 0 Å². The van der Waals surface area contributed by atoms with Gasteiger partial charge in [0.1, 0.15) is 4.90 Å². The Morgan fingerprint density at radius 1 is 1.43 bits per heavy atom. The van der Waals surface area contributed by atoms with E-state index in [4.69, 9.17) is 16.7 Å². The third-order valence-corrected chi connectivity index (χ3v) is 4.84. The summed E-state index contributed by atoms with van der Waals surface area (Å²) < 4.78 is 23.5. The van der Waals surface area contributed by atoms with Crippen molar-refractivity contribution in [2.24, 2.45) is 11.1 Å². The van der Waals surface area contributed by atoms with Crippen molar-refractivity contribution in [1.29, 1.82) is 0 Å². The number of nitrogens with zero attached hydrogens (tertiary/aromatic N) is 1. The predicted octanol–water partition coefficient (Wildman–Crippen LogP) is 2.87. The predicted molar refractivity (Wildman–Crippen MR) is 86.9 cm³/mol. The first-order valence-corrected chi connectivity index (χ1v) is 9.03. The Bertz CT molecular complexity index is 647.